The summed E-state index contributed by atoms with van der Waals surface area (Å²) in [6.45, 7) is 5.05. The van der Waals surface area contributed by atoms with Crippen LogP contribution < -0.4 is 0 Å². The predicted molar refractivity (Wildman–Crippen MR) is 43.6 cm³/mol. The van der Waals surface area contributed by atoms with E-state index in [9.17, 15) is 0 Å². The molecule has 0 aliphatic carbocycles. The highest BCUT2D eigenvalue weighted by Gasteiger charge is 2.02. The van der Waals surface area contributed by atoms with E-state index in [2.05, 4.69) is 18.9 Å². The Labute approximate surface area is 66.7 Å². The quantitative estimate of drug-likeness (QED) is 0.717. The van der Waals surface area contributed by atoms with Gasteiger partial charge in [0.2, 0.25) is 5.88 Å². The smallest absolute Gasteiger partial charge is 0.230 e. The lowest BCUT2D eigenvalue weighted by Gasteiger charge is -2.01. The van der Waals surface area contributed by atoms with E-state index in [1.807, 2.05) is 4.68 Å². The van der Waals surface area contributed by atoms with Crippen molar-refractivity contribution in [3.63, 3.8) is 0 Å². The van der Waals surface area contributed by atoms with Crippen LogP contribution in [0.25, 0.3) is 0 Å². The minimum atomic E-state index is 0.135. The van der Waals surface area contributed by atoms with Gasteiger partial charge in [-0.2, -0.15) is 0 Å². The van der Waals surface area contributed by atoms with Gasteiger partial charge in [-0.15, -0.1) is 5.10 Å². The zero-order valence-electron chi connectivity index (χ0n) is 7.04. The van der Waals surface area contributed by atoms with Crippen molar-refractivity contribution in [3.05, 3.63) is 11.8 Å². The van der Waals surface area contributed by atoms with Crippen molar-refractivity contribution in [1.82, 2.24) is 9.78 Å². The zero-order chi connectivity index (χ0) is 8.27. The molecular weight excluding hydrogens is 140 g/mol. The van der Waals surface area contributed by atoms with Gasteiger partial charge in [0.25, 0.3) is 0 Å². The summed E-state index contributed by atoms with van der Waals surface area (Å²) in [7, 11) is 0. The van der Waals surface area contributed by atoms with Gasteiger partial charge in [-0.25, -0.2) is 0 Å². The maximum atomic E-state index is 9.06. The van der Waals surface area contributed by atoms with Crippen molar-refractivity contribution in [3.8, 4) is 5.88 Å². The first-order chi connectivity index (χ1) is 5.27. The molecule has 3 nitrogen and oxygen atoms in total. The van der Waals surface area contributed by atoms with Crippen molar-refractivity contribution in [2.45, 2.75) is 33.2 Å². The van der Waals surface area contributed by atoms with E-state index >= 15 is 0 Å². The molecule has 1 aromatic heterocycles. The molecule has 3 heteroatoms. The molecule has 0 fully saturated rings. The lowest BCUT2D eigenvalue weighted by atomic mass is 10.3. The van der Waals surface area contributed by atoms with Crippen molar-refractivity contribution in [1.29, 1.82) is 0 Å². The van der Waals surface area contributed by atoms with Gasteiger partial charge in [-0.1, -0.05) is 13.8 Å². The fraction of sp³-hybridized carbons (Fsp3) is 0.625. The minimum Gasteiger partial charge on any atom is -0.492 e. The molecule has 11 heavy (non-hydrogen) atoms. The van der Waals surface area contributed by atoms with Crippen LogP contribution in [0.3, 0.4) is 0 Å². The first-order valence-corrected chi connectivity index (χ1v) is 4.03. The number of nitrogens with zero attached hydrogens (tertiary/aromatic N) is 2. The predicted octanol–water partition coefficient (Wildman–Crippen LogP) is 1.56. The second kappa shape index (κ2) is 3.42. The van der Waals surface area contributed by atoms with E-state index in [0.29, 0.717) is 0 Å². The fourth-order valence-corrected chi connectivity index (χ4v) is 1.13. The molecule has 0 radical (unpaired) electrons. The summed E-state index contributed by atoms with van der Waals surface area (Å²) in [6.07, 6.45) is 1.97. The lowest BCUT2D eigenvalue weighted by molar-refractivity contribution is 0.435. The SMILES string of the molecule is CCCn1nc(O)cc1CC. The zero-order valence-corrected chi connectivity index (χ0v) is 7.04. The second-order valence-electron chi connectivity index (χ2n) is 2.57. The van der Waals surface area contributed by atoms with Gasteiger partial charge < -0.3 is 5.11 Å². The molecule has 62 valence electrons. The lowest BCUT2D eigenvalue weighted by Crippen LogP contribution is -2.02. The molecule has 0 amide bonds. The maximum absolute atomic E-state index is 9.06. The molecule has 0 bridgehead atoms. The van der Waals surface area contributed by atoms with Gasteiger partial charge in [0, 0.05) is 18.3 Å². The molecule has 1 aromatic rings. The Morgan fingerprint density at radius 3 is 2.82 bits per heavy atom. The maximum Gasteiger partial charge on any atom is 0.230 e. The third kappa shape index (κ3) is 1.73. The van der Waals surface area contributed by atoms with Gasteiger partial charge in [-0.3, -0.25) is 4.68 Å². The van der Waals surface area contributed by atoms with Crippen LogP contribution in [-0.4, -0.2) is 14.9 Å². The number of aromatic hydroxyl groups is 1. The summed E-state index contributed by atoms with van der Waals surface area (Å²) in [5.41, 5.74) is 1.10. The molecule has 0 saturated heterocycles. The van der Waals surface area contributed by atoms with Crippen LogP contribution in [0.5, 0.6) is 5.88 Å². The monoisotopic (exact) mass is 154 g/mol. The number of aryl methyl sites for hydroxylation is 2. The van der Waals surface area contributed by atoms with E-state index < -0.39 is 0 Å². The Morgan fingerprint density at radius 2 is 2.27 bits per heavy atom. The fourth-order valence-electron chi connectivity index (χ4n) is 1.13. The van der Waals surface area contributed by atoms with Crippen LogP contribution in [0.15, 0.2) is 6.07 Å². The first-order valence-electron chi connectivity index (χ1n) is 4.03. The molecule has 0 saturated carbocycles. The highest BCUT2D eigenvalue weighted by atomic mass is 16.3. The van der Waals surface area contributed by atoms with Crippen molar-refractivity contribution in [2.75, 3.05) is 0 Å². The van der Waals surface area contributed by atoms with E-state index in [1.54, 1.807) is 6.07 Å². The summed E-state index contributed by atoms with van der Waals surface area (Å²) < 4.78 is 1.86. The van der Waals surface area contributed by atoms with E-state index in [-0.39, 0.29) is 5.88 Å². The molecule has 0 atom stereocenters. The van der Waals surface area contributed by atoms with Crippen LogP contribution in [0.4, 0.5) is 0 Å². The average molecular weight is 154 g/mol. The molecule has 0 spiro atoms. The van der Waals surface area contributed by atoms with Gasteiger partial charge in [0.05, 0.1) is 0 Å². The van der Waals surface area contributed by atoms with Gasteiger partial charge >= 0.3 is 0 Å². The summed E-state index contributed by atoms with van der Waals surface area (Å²) in [5, 5.41) is 13.0. The van der Waals surface area contributed by atoms with Gasteiger partial charge in [-0.05, 0) is 12.8 Å². The highest BCUT2D eigenvalue weighted by Crippen LogP contribution is 2.10. The summed E-state index contributed by atoms with van der Waals surface area (Å²) in [5.74, 6) is 0.135. The summed E-state index contributed by atoms with van der Waals surface area (Å²) >= 11 is 0. The number of rotatable bonds is 3. The van der Waals surface area contributed by atoms with Crippen LogP contribution in [0.2, 0.25) is 0 Å². The van der Waals surface area contributed by atoms with Crippen molar-refractivity contribution in [2.24, 2.45) is 0 Å². The molecule has 0 unspecified atom stereocenters. The van der Waals surface area contributed by atoms with E-state index in [4.69, 9.17) is 5.11 Å². The second-order valence-corrected chi connectivity index (χ2v) is 2.57. The third-order valence-corrected chi connectivity index (χ3v) is 1.65. The normalized spacial score (nSPS) is 10.4. The minimum absolute atomic E-state index is 0.135. The van der Waals surface area contributed by atoms with E-state index in [1.165, 1.54) is 0 Å². The molecular formula is C8H14N2O. The molecule has 0 aromatic carbocycles. The van der Waals surface area contributed by atoms with Crippen LogP contribution in [0.1, 0.15) is 26.0 Å². The van der Waals surface area contributed by atoms with Crippen molar-refractivity contribution < 1.29 is 5.11 Å². The van der Waals surface area contributed by atoms with Crippen molar-refractivity contribution >= 4 is 0 Å². The Bertz CT molecular complexity index is 230. The first kappa shape index (κ1) is 8.11. The topological polar surface area (TPSA) is 38.0 Å². The largest absolute Gasteiger partial charge is 0.492 e. The Morgan fingerprint density at radius 1 is 1.55 bits per heavy atom. The highest BCUT2D eigenvalue weighted by molar-refractivity contribution is 5.13. The van der Waals surface area contributed by atoms with Crippen LogP contribution >= 0.6 is 0 Å². The Balaban J connectivity index is 2.83. The molecule has 1 N–H and O–H groups in total. The Kier molecular flexibility index (Phi) is 2.52. The number of aromatic nitrogens is 2. The number of hydrogen-bond donors (Lipinski definition) is 1. The molecule has 1 rings (SSSR count). The molecule has 0 aliphatic rings. The standard InChI is InChI=1S/C8H14N2O/c1-3-5-10-7(4-2)6-8(11)9-10/h6H,3-5H2,1-2H3,(H,9,11). The molecule has 1 heterocycles. The third-order valence-electron chi connectivity index (χ3n) is 1.65. The number of hydrogen-bond acceptors (Lipinski definition) is 2. The van der Waals surface area contributed by atoms with Crippen LogP contribution in [-0.2, 0) is 13.0 Å². The van der Waals surface area contributed by atoms with E-state index in [0.717, 1.165) is 25.1 Å². The van der Waals surface area contributed by atoms with Crippen LogP contribution in [0, 0.1) is 0 Å². The average Bonchev–Trinajstić information content (AvgIpc) is 2.32. The molecule has 0 aliphatic heterocycles. The summed E-state index contributed by atoms with van der Waals surface area (Å²) in [6, 6.07) is 1.72. The van der Waals surface area contributed by atoms with Gasteiger partial charge in [0.15, 0.2) is 0 Å². The summed E-state index contributed by atoms with van der Waals surface area (Å²) in [4.78, 5) is 0. The Hall–Kier alpha value is -0.990. The van der Waals surface area contributed by atoms with Gasteiger partial charge in [0.1, 0.15) is 0 Å².